The van der Waals surface area contributed by atoms with Gasteiger partial charge in [-0.15, -0.1) is 0 Å². The molecule has 0 bridgehead atoms. The van der Waals surface area contributed by atoms with Crippen LogP contribution in [0.4, 0.5) is 0 Å². The number of hydrogen-bond donors (Lipinski definition) is 1. The molecule has 0 heterocycles. The van der Waals surface area contributed by atoms with Crippen molar-refractivity contribution in [1.29, 1.82) is 0 Å². The number of aliphatic carboxylic acids is 1. The summed E-state index contributed by atoms with van der Waals surface area (Å²) in [6, 6.07) is 0. The van der Waals surface area contributed by atoms with Crippen LogP contribution in [0.1, 0.15) is 6.92 Å². The molecule has 7 heavy (non-hydrogen) atoms. The monoisotopic (exact) mass is 176 g/mol. The SMILES string of the molecule is C=C(C)C(=O)O.[Zr]. The van der Waals surface area contributed by atoms with E-state index in [1.807, 2.05) is 0 Å². The van der Waals surface area contributed by atoms with Gasteiger partial charge in [-0.2, -0.15) is 0 Å². The molecule has 0 unspecified atom stereocenters. The van der Waals surface area contributed by atoms with Crippen LogP contribution in [0.3, 0.4) is 0 Å². The van der Waals surface area contributed by atoms with Crippen molar-refractivity contribution in [2.45, 2.75) is 6.92 Å². The molecule has 0 atom stereocenters. The summed E-state index contributed by atoms with van der Waals surface area (Å²) in [6.45, 7) is 4.60. The number of hydrogen-bond acceptors (Lipinski definition) is 1. The predicted molar refractivity (Wildman–Crippen MR) is 22.4 cm³/mol. The molecule has 0 fully saturated rings. The van der Waals surface area contributed by atoms with E-state index in [1.54, 1.807) is 0 Å². The molecular formula is C4H6O2Zr. The van der Waals surface area contributed by atoms with Gasteiger partial charge < -0.3 is 5.11 Å². The molecule has 0 aromatic carbocycles. The largest absolute Gasteiger partial charge is 0.478 e. The van der Waals surface area contributed by atoms with Crippen molar-refractivity contribution in [3.8, 4) is 0 Å². The molecule has 3 heteroatoms. The van der Waals surface area contributed by atoms with Gasteiger partial charge in [0.05, 0.1) is 0 Å². The third kappa shape index (κ3) is 6.09. The Bertz CT molecular complexity index is 75.7. The minimum Gasteiger partial charge on any atom is -0.478 e. The summed E-state index contributed by atoms with van der Waals surface area (Å²) in [6.07, 6.45) is 0. The number of rotatable bonds is 1. The first-order chi connectivity index (χ1) is 2.64. The van der Waals surface area contributed by atoms with E-state index < -0.39 is 5.97 Å². The van der Waals surface area contributed by atoms with E-state index in [1.165, 1.54) is 6.92 Å². The number of carboxylic acids is 1. The van der Waals surface area contributed by atoms with Crippen LogP contribution >= 0.6 is 0 Å². The topological polar surface area (TPSA) is 37.3 Å². The van der Waals surface area contributed by atoms with Crippen molar-refractivity contribution in [3.63, 3.8) is 0 Å². The van der Waals surface area contributed by atoms with Gasteiger partial charge in [0.25, 0.3) is 0 Å². The molecule has 0 amide bonds. The Labute approximate surface area is 61.3 Å². The van der Waals surface area contributed by atoms with E-state index in [0.29, 0.717) is 0 Å². The molecule has 0 rings (SSSR count). The molecular weight excluding hydrogens is 171 g/mol. The van der Waals surface area contributed by atoms with Gasteiger partial charge in [-0.05, 0) is 6.92 Å². The van der Waals surface area contributed by atoms with Crippen LogP contribution < -0.4 is 0 Å². The Morgan fingerprint density at radius 2 is 1.86 bits per heavy atom. The predicted octanol–water partition coefficient (Wildman–Crippen LogP) is 0.645. The molecule has 2 nitrogen and oxygen atoms in total. The molecule has 0 radical (unpaired) electrons. The third-order valence-corrected chi connectivity index (χ3v) is 0.365. The van der Waals surface area contributed by atoms with E-state index in [4.69, 9.17) is 5.11 Å². The van der Waals surface area contributed by atoms with E-state index in [9.17, 15) is 4.79 Å². The van der Waals surface area contributed by atoms with E-state index in [0.717, 1.165) is 0 Å². The van der Waals surface area contributed by atoms with Crippen LogP contribution in [0, 0.1) is 0 Å². The average molecular weight is 177 g/mol. The van der Waals surface area contributed by atoms with Crippen molar-refractivity contribution in [2.24, 2.45) is 0 Å². The Balaban J connectivity index is 0. The van der Waals surface area contributed by atoms with Gasteiger partial charge in [-0.1, -0.05) is 6.58 Å². The van der Waals surface area contributed by atoms with E-state index >= 15 is 0 Å². The Kier molecular flexibility index (Phi) is 6.17. The van der Waals surface area contributed by atoms with Crippen LogP contribution in [0.25, 0.3) is 0 Å². The minimum atomic E-state index is -0.935. The summed E-state index contributed by atoms with van der Waals surface area (Å²) in [4.78, 5) is 9.60. The van der Waals surface area contributed by atoms with Gasteiger partial charge in [-0.25, -0.2) is 4.79 Å². The van der Waals surface area contributed by atoms with Gasteiger partial charge in [-0.3, -0.25) is 0 Å². The molecule has 0 spiro atoms. The second kappa shape index (κ2) is 4.26. The maximum Gasteiger partial charge on any atom is 0.330 e. The second-order valence-electron chi connectivity index (χ2n) is 1.09. The van der Waals surface area contributed by atoms with Crippen molar-refractivity contribution >= 4 is 5.97 Å². The molecule has 0 aromatic heterocycles. The summed E-state index contributed by atoms with van der Waals surface area (Å²) < 4.78 is 0. The first-order valence-corrected chi connectivity index (χ1v) is 1.53. The third-order valence-electron chi connectivity index (χ3n) is 0.365. The number of carboxylic acid groups (broad SMARTS) is 1. The summed E-state index contributed by atoms with van der Waals surface area (Å²) in [5, 5.41) is 7.89. The fraction of sp³-hybridized carbons (Fsp3) is 0.250. The van der Waals surface area contributed by atoms with Gasteiger partial charge in [0.2, 0.25) is 0 Å². The van der Waals surface area contributed by atoms with E-state index in [2.05, 4.69) is 6.58 Å². The normalized spacial score (nSPS) is 6.43. The Hall–Kier alpha value is 0.0931. The zero-order valence-electron chi connectivity index (χ0n) is 4.06. The second-order valence-corrected chi connectivity index (χ2v) is 1.09. The number of carbonyl (C=O) groups is 1. The van der Waals surface area contributed by atoms with Crippen molar-refractivity contribution in [2.75, 3.05) is 0 Å². The smallest absolute Gasteiger partial charge is 0.330 e. The fourth-order valence-electron chi connectivity index (χ4n) is 0. The zero-order valence-corrected chi connectivity index (χ0v) is 6.52. The summed E-state index contributed by atoms with van der Waals surface area (Å²) in [7, 11) is 0. The summed E-state index contributed by atoms with van der Waals surface area (Å²) >= 11 is 0. The Morgan fingerprint density at radius 1 is 1.71 bits per heavy atom. The first kappa shape index (κ1) is 10.2. The quantitative estimate of drug-likeness (QED) is 0.597. The molecule has 0 saturated heterocycles. The van der Waals surface area contributed by atoms with Crippen LogP contribution in [0.5, 0.6) is 0 Å². The van der Waals surface area contributed by atoms with Gasteiger partial charge >= 0.3 is 5.97 Å². The fourth-order valence-corrected chi connectivity index (χ4v) is 0. The molecule has 0 aliphatic carbocycles. The standard InChI is InChI=1S/C4H6O2.Zr/c1-3(2)4(5)6;/h1H2,2H3,(H,5,6);. The minimum absolute atomic E-state index is 0. The summed E-state index contributed by atoms with van der Waals surface area (Å²) in [5.74, 6) is -0.935. The molecule has 0 saturated carbocycles. The maximum atomic E-state index is 9.60. The maximum absolute atomic E-state index is 9.60. The van der Waals surface area contributed by atoms with Crippen LogP contribution in [0.2, 0.25) is 0 Å². The average Bonchev–Trinajstić information content (AvgIpc) is 1.36. The Morgan fingerprint density at radius 3 is 1.86 bits per heavy atom. The van der Waals surface area contributed by atoms with Crippen LogP contribution in [-0.4, -0.2) is 11.1 Å². The molecule has 38 valence electrons. The van der Waals surface area contributed by atoms with Crippen molar-refractivity contribution in [3.05, 3.63) is 12.2 Å². The van der Waals surface area contributed by atoms with Gasteiger partial charge in [0, 0.05) is 31.8 Å². The first-order valence-electron chi connectivity index (χ1n) is 1.53. The van der Waals surface area contributed by atoms with Crippen molar-refractivity contribution in [1.82, 2.24) is 0 Å². The molecule has 0 aromatic rings. The van der Waals surface area contributed by atoms with Crippen LogP contribution in [0.15, 0.2) is 12.2 Å². The van der Waals surface area contributed by atoms with Gasteiger partial charge in [0.15, 0.2) is 0 Å². The van der Waals surface area contributed by atoms with E-state index in [-0.39, 0.29) is 31.8 Å². The molecule has 1 N–H and O–H groups in total. The van der Waals surface area contributed by atoms with Gasteiger partial charge in [0.1, 0.15) is 0 Å². The molecule has 0 aliphatic heterocycles. The summed E-state index contributed by atoms with van der Waals surface area (Å²) in [5.41, 5.74) is 0.176. The molecule has 0 aliphatic rings. The van der Waals surface area contributed by atoms with Crippen LogP contribution in [-0.2, 0) is 31.0 Å². The zero-order chi connectivity index (χ0) is 5.15. The van der Waals surface area contributed by atoms with Crippen molar-refractivity contribution < 1.29 is 36.1 Å².